The predicted molar refractivity (Wildman–Crippen MR) is 139 cm³/mol. The van der Waals surface area contributed by atoms with Crippen LogP contribution in [0.4, 0.5) is 18.9 Å². The average Bonchev–Trinajstić information content (AvgIpc) is 3.26. The number of nitrogens with zero attached hydrogens (tertiary/aromatic N) is 4. The molecule has 2 aromatic heterocycles. The number of anilines is 1. The van der Waals surface area contributed by atoms with Crippen molar-refractivity contribution in [1.82, 2.24) is 14.6 Å². The van der Waals surface area contributed by atoms with Crippen LogP contribution in [-0.2, 0) is 25.6 Å². The van der Waals surface area contributed by atoms with Gasteiger partial charge in [0.1, 0.15) is 5.02 Å². The molecule has 0 atom stereocenters. The van der Waals surface area contributed by atoms with E-state index in [1.807, 2.05) is 48.5 Å². The minimum atomic E-state index is -4.74. The first kappa shape index (κ1) is 24.2. The number of hydrogen-bond donors (Lipinski definition) is 0. The Morgan fingerprint density at radius 2 is 1.58 bits per heavy atom. The third kappa shape index (κ3) is 4.11. The molecule has 1 amide bonds. The molecular formula is C29H20ClF3N4O. The van der Waals surface area contributed by atoms with E-state index < -0.39 is 17.8 Å². The van der Waals surface area contributed by atoms with Gasteiger partial charge in [-0.15, -0.1) is 0 Å². The van der Waals surface area contributed by atoms with Crippen LogP contribution in [0.15, 0.2) is 84.9 Å². The highest BCUT2D eigenvalue weighted by Crippen LogP contribution is 2.42. The van der Waals surface area contributed by atoms with Gasteiger partial charge >= 0.3 is 6.18 Å². The number of aryl methyl sites for hydroxylation is 1. The van der Waals surface area contributed by atoms with Crippen molar-refractivity contribution in [3.05, 3.63) is 118 Å². The number of carbonyl (C=O) groups is 1. The van der Waals surface area contributed by atoms with Gasteiger partial charge in [-0.05, 0) is 36.1 Å². The van der Waals surface area contributed by atoms with E-state index in [4.69, 9.17) is 11.6 Å². The van der Waals surface area contributed by atoms with Crippen LogP contribution in [-0.4, -0.2) is 20.5 Å². The van der Waals surface area contributed by atoms with Crippen molar-refractivity contribution in [2.75, 3.05) is 4.90 Å². The fourth-order valence-corrected chi connectivity index (χ4v) is 5.20. The van der Waals surface area contributed by atoms with Gasteiger partial charge in [-0.3, -0.25) is 4.79 Å². The summed E-state index contributed by atoms with van der Waals surface area (Å²) in [6.07, 6.45) is -4.15. The zero-order chi connectivity index (χ0) is 26.4. The Bertz CT molecular complexity index is 1670. The molecule has 0 bridgehead atoms. The fraction of sp³-hybridized carbons (Fsp3) is 0.138. The number of alkyl halides is 3. The highest BCUT2D eigenvalue weighted by molar-refractivity contribution is 6.37. The van der Waals surface area contributed by atoms with Crippen LogP contribution in [0.1, 0.15) is 32.9 Å². The molecule has 9 heteroatoms. The Hall–Kier alpha value is -4.17. The number of halogens is 4. The Labute approximate surface area is 221 Å². The molecule has 0 fully saturated rings. The van der Waals surface area contributed by atoms with E-state index in [9.17, 15) is 18.0 Å². The molecule has 1 aliphatic rings. The van der Waals surface area contributed by atoms with Crippen molar-refractivity contribution in [3.8, 4) is 11.3 Å². The molecule has 38 heavy (non-hydrogen) atoms. The molecule has 2 heterocycles. The molecule has 0 aliphatic heterocycles. The van der Waals surface area contributed by atoms with Crippen molar-refractivity contribution >= 4 is 28.8 Å². The highest BCUT2D eigenvalue weighted by atomic mass is 35.5. The van der Waals surface area contributed by atoms with Gasteiger partial charge in [-0.25, -0.2) is 9.50 Å². The Morgan fingerprint density at radius 3 is 2.29 bits per heavy atom. The number of hydrogen-bond acceptors (Lipinski definition) is 3. The molecule has 0 saturated carbocycles. The summed E-state index contributed by atoms with van der Waals surface area (Å²) in [5, 5.41) is 3.92. The average molecular weight is 533 g/mol. The van der Waals surface area contributed by atoms with E-state index in [0.29, 0.717) is 22.2 Å². The SMILES string of the molecule is O=C(c1nn2c(C(F)(F)F)c3c(nc2c1Cl)-c1ccccc1CC3)N(Cc1ccccc1)c1ccccc1. The van der Waals surface area contributed by atoms with E-state index >= 15 is 0 Å². The molecule has 190 valence electrons. The molecule has 5 aromatic rings. The number of fused-ring (bicyclic) bond motifs is 4. The number of carbonyl (C=O) groups excluding carboxylic acids is 1. The maximum absolute atomic E-state index is 14.5. The molecule has 6 rings (SSSR count). The van der Waals surface area contributed by atoms with Gasteiger partial charge in [0.15, 0.2) is 17.0 Å². The van der Waals surface area contributed by atoms with Crippen molar-refractivity contribution in [1.29, 1.82) is 0 Å². The molecular weight excluding hydrogens is 513 g/mol. The van der Waals surface area contributed by atoms with E-state index in [1.54, 1.807) is 36.4 Å². The largest absolute Gasteiger partial charge is 0.433 e. The van der Waals surface area contributed by atoms with E-state index in [2.05, 4.69) is 10.1 Å². The maximum atomic E-state index is 14.5. The summed E-state index contributed by atoms with van der Waals surface area (Å²) in [5.74, 6) is -0.623. The third-order valence-electron chi connectivity index (χ3n) is 6.69. The lowest BCUT2D eigenvalue weighted by atomic mass is 9.88. The number of benzene rings is 3. The summed E-state index contributed by atoms with van der Waals surface area (Å²) in [7, 11) is 0. The van der Waals surface area contributed by atoms with Crippen LogP contribution in [0.25, 0.3) is 16.9 Å². The second-order valence-corrected chi connectivity index (χ2v) is 9.43. The maximum Gasteiger partial charge on any atom is 0.433 e. The summed E-state index contributed by atoms with van der Waals surface area (Å²) in [6, 6.07) is 25.4. The van der Waals surface area contributed by atoms with Crippen LogP contribution < -0.4 is 4.90 Å². The molecule has 1 aliphatic carbocycles. The van der Waals surface area contributed by atoms with Gasteiger partial charge in [-0.2, -0.15) is 18.3 Å². The van der Waals surface area contributed by atoms with Crippen LogP contribution >= 0.6 is 11.6 Å². The number of para-hydroxylation sites is 1. The normalized spacial score (nSPS) is 12.7. The third-order valence-corrected chi connectivity index (χ3v) is 7.04. The van der Waals surface area contributed by atoms with Crippen LogP contribution in [0, 0.1) is 0 Å². The smallest absolute Gasteiger partial charge is 0.303 e. The first-order valence-corrected chi connectivity index (χ1v) is 12.4. The van der Waals surface area contributed by atoms with Crippen molar-refractivity contribution in [2.45, 2.75) is 25.6 Å². The summed E-state index contributed by atoms with van der Waals surface area (Å²) in [5.41, 5.74) is 1.75. The minimum absolute atomic E-state index is 0.0473. The highest BCUT2D eigenvalue weighted by Gasteiger charge is 2.41. The Balaban J connectivity index is 1.54. The molecule has 3 aromatic carbocycles. The van der Waals surface area contributed by atoms with Gasteiger partial charge in [0.25, 0.3) is 5.91 Å². The summed E-state index contributed by atoms with van der Waals surface area (Å²) in [6.45, 7) is 0.178. The summed E-state index contributed by atoms with van der Waals surface area (Å²) < 4.78 is 44.2. The molecule has 0 unspecified atom stereocenters. The predicted octanol–water partition coefficient (Wildman–Crippen LogP) is 7.01. The molecule has 0 radical (unpaired) electrons. The van der Waals surface area contributed by atoms with Crippen molar-refractivity contribution in [3.63, 3.8) is 0 Å². The van der Waals surface area contributed by atoms with E-state index in [-0.39, 0.29) is 40.6 Å². The first-order valence-electron chi connectivity index (χ1n) is 12.0. The van der Waals surface area contributed by atoms with Gasteiger partial charge < -0.3 is 4.90 Å². The molecule has 0 spiro atoms. The fourth-order valence-electron chi connectivity index (χ4n) is 4.95. The zero-order valence-electron chi connectivity index (χ0n) is 19.9. The van der Waals surface area contributed by atoms with Gasteiger partial charge in [-0.1, -0.05) is 84.4 Å². The Kier molecular flexibility index (Phi) is 5.91. The van der Waals surface area contributed by atoms with Crippen LogP contribution in [0.2, 0.25) is 5.02 Å². The quantitative estimate of drug-likeness (QED) is 0.250. The molecule has 0 N–H and O–H groups in total. The summed E-state index contributed by atoms with van der Waals surface area (Å²) >= 11 is 6.62. The van der Waals surface area contributed by atoms with E-state index in [1.165, 1.54) is 4.90 Å². The topological polar surface area (TPSA) is 50.5 Å². The minimum Gasteiger partial charge on any atom is -0.303 e. The number of aromatic nitrogens is 3. The van der Waals surface area contributed by atoms with Gasteiger partial charge in [0, 0.05) is 16.8 Å². The van der Waals surface area contributed by atoms with Gasteiger partial charge in [0.05, 0.1) is 12.2 Å². The second-order valence-electron chi connectivity index (χ2n) is 9.05. The molecule has 0 saturated heterocycles. The summed E-state index contributed by atoms with van der Waals surface area (Å²) in [4.78, 5) is 19.9. The lowest BCUT2D eigenvalue weighted by Crippen LogP contribution is -2.31. The number of amides is 1. The standard InChI is InChI=1S/C29H20ClF3N4O/c30-23-25(28(38)36(20-12-5-2-6-13-20)17-18-9-3-1-4-10-18)35-37-26(29(31,32)33)22-16-15-19-11-7-8-14-21(19)24(22)34-27(23)37/h1-14H,15-17H2. The second kappa shape index (κ2) is 9.29. The lowest BCUT2D eigenvalue weighted by Gasteiger charge is -2.23. The monoisotopic (exact) mass is 532 g/mol. The van der Waals surface area contributed by atoms with Crippen molar-refractivity contribution < 1.29 is 18.0 Å². The van der Waals surface area contributed by atoms with Crippen LogP contribution in [0.3, 0.4) is 0 Å². The lowest BCUT2D eigenvalue weighted by molar-refractivity contribution is -0.143. The molecule has 5 nitrogen and oxygen atoms in total. The van der Waals surface area contributed by atoms with Crippen molar-refractivity contribution in [2.24, 2.45) is 0 Å². The van der Waals surface area contributed by atoms with Gasteiger partial charge in [0.2, 0.25) is 0 Å². The van der Waals surface area contributed by atoms with E-state index in [0.717, 1.165) is 11.1 Å². The Morgan fingerprint density at radius 1 is 0.921 bits per heavy atom. The first-order chi connectivity index (χ1) is 18.3. The number of rotatable bonds is 4. The zero-order valence-corrected chi connectivity index (χ0v) is 20.7. The van der Waals surface area contributed by atoms with Crippen LogP contribution in [0.5, 0.6) is 0 Å².